The second kappa shape index (κ2) is 4.47. The van der Waals surface area contributed by atoms with E-state index in [1.54, 1.807) is 0 Å². The van der Waals surface area contributed by atoms with Crippen LogP contribution in [0.1, 0.15) is 24.0 Å². The molecular formula is C12H17NO. The van der Waals surface area contributed by atoms with Crippen LogP contribution in [0.5, 0.6) is 0 Å². The number of nitrogens with one attached hydrogen (secondary N) is 1. The summed E-state index contributed by atoms with van der Waals surface area (Å²) in [5, 5.41) is 12.3. The van der Waals surface area contributed by atoms with Gasteiger partial charge in [0, 0.05) is 18.8 Å². The molecule has 0 aliphatic carbocycles. The van der Waals surface area contributed by atoms with Crippen LogP contribution in [0.15, 0.2) is 18.2 Å². The molecule has 2 N–H and O–H groups in total. The minimum Gasteiger partial charge on any atom is -0.396 e. The number of anilines is 1. The van der Waals surface area contributed by atoms with Gasteiger partial charge >= 0.3 is 0 Å². The van der Waals surface area contributed by atoms with Crippen molar-refractivity contribution in [1.82, 2.24) is 0 Å². The quantitative estimate of drug-likeness (QED) is 0.765. The first-order valence-corrected chi connectivity index (χ1v) is 5.37. The maximum Gasteiger partial charge on any atom is 0.0434 e. The lowest BCUT2D eigenvalue weighted by molar-refractivity contribution is 0.288. The first-order chi connectivity index (χ1) is 6.92. The highest BCUT2D eigenvalue weighted by molar-refractivity contribution is 5.59. The summed E-state index contributed by atoms with van der Waals surface area (Å²) in [5.41, 5.74) is 4.12. The largest absolute Gasteiger partial charge is 0.396 e. The van der Waals surface area contributed by atoms with Gasteiger partial charge in [-0.2, -0.15) is 0 Å². The van der Waals surface area contributed by atoms with Crippen LogP contribution in [-0.4, -0.2) is 18.3 Å². The van der Waals surface area contributed by atoms with Crippen molar-refractivity contribution in [2.75, 3.05) is 18.5 Å². The Morgan fingerprint density at radius 3 is 3.14 bits per heavy atom. The van der Waals surface area contributed by atoms with E-state index in [4.69, 9.17) is 5.11 Å². The molecule has 0 unspecified atom stereocenters. The van der Waals surface area contributed by atoms with E-state index in [9.17, 15) is 0 Å². The minimum absolute atomic E-state index is 0.281. The summed E-state index contributed by atoms with van der Waals surface area (Å²) in [4.78, 5) is 0. The summed E-state index contributed by atoms with van der Waals surface area (Å²) >= 11 is 0. The van der Waals surface area contributed by atoms with Gasteiger partial charge in [0.15, 0.2) is 0 Å². The number of hydrogen-bond donors (Lipinski definition) is 2. The van der Waals surface area contributed by atoms with Crippen molar-refractivity contribution < 1.29 is 5.11 Å². The molecule has 0 saturated heterocycles. The topological polar surface area (TPSA) is 32.3 Å². The molecule has 0 atom stereocenters. The van der Waals surface area contributed by atoms with Gasteiger partial charge in [-0.3, -0.25) is 0 Å². The van der Waals surface area contributed by atoms with Crippen LogP contribution >= 0.6 is 0 Å². The zero-order valence-corrected chi connectivity index (χ0v) is 8.42. The van der Waals surface area contributed by atoms with Gasteiger partial charge in [0.1, 0.15) is 0 Å². The van der Waals surface area contributed by atoms with Crippen molar-refractivity contribution in [1.29, 1.82) is 0 Å². The number of rotatable bonds is 3. The Kier molecular flexibility index (Phi) is 3.04. The summed E-state index contributed by atoms with van der Waals surface area (Å²) < 4.78 is 0. The van der Waals surface area contributed by atoms with Crippen LogP contribution in [-0.2, 0) is 12.8 Å². The molecule has 14 heavy (non-hydrogen) atoms. The van der Waals surface area contributed by atoms with Crippen LogP contribution in [0.25, 0.3) is 0 Å². The van der Waals surface area contributed by atoms with Gasteiger partial charge in [-0.25, -0.2) is 0 Å². The number of fused-ring (bicyclic) bond motifs is 1. The van der Waals surface area contributed by atoms with Gasteiger partial charge in [0.05, 0.1) is 0 Å². The highest BCUT2D eigenvalue weighted by Crippen LogP contribution is 2.26. The maximum absolute atomic E-state index is 8.81. The molecule has 2 heteroatoms. The maximum atomic E-state index is 8.81. The van der Waals surface area contributed by atoms with Gasteiger partial charge in [0.25, 0.3) is 0 Å². The molecule has 76 valence electrons. The molecule has 1 aromatic carbocycles. The Morgan fingerprint density at radius 2 is 2.29 bits per heavy atom. The van der Waals surface area contributed by atoms with Crippen LogP contribution in [0.3, 0.4) is 0 Å². The standard InChI is InChI=1S/C12H17NO/c14-9-3-7-11-5-1-4-10-6-2-8-13-12(10)11/h1,4-5,13-14H,2-3,6-9H2. The van der Waals surface area contributed by atoms with Gasteiger partial charge in [-0.1, -0.05) is 18.2 Å². The Labute approximate surface area is 85.0 Å². The molecule has 0 spiro atoms. The molecule has 0 aromatic heterocycles. The Balaban J connectivity index is 2.21. The molecule has 0 amide bonds. The van der Waals surface area contributed by atoms with E-state index < -0.39 is 0 Å². The number of aliphatic hydroxyl groups excluding tert-OH is 1. The molecule has 0 bridgehead atoms. The Bertz CT molecular complexity index is 309. The average Bonchev–Trinajstić information content (AvgIpc) is 2.26. The second-order valence-electron chi connectivity index (χ2n) is 3.81. The third kappa shape index (κ3) is 1.90. The molecule has 1 heterocycles. The fourth-order valence-electron chi connectivity index (χ4n) is 2.06. The summed E-state index contributed by atoms with van der Waals surface area (Å²) in [6, 6.07) is 6.48. The Hall–Kier alpha value is -1.02. The Morgan fingerprint density at radius 1 is 1.36 bits per heavy atom. The van der Waals surface area contributed by atoms with Gasteiger partial charge in [-0.15, -0.1) is 0 Å². The van der Waals surface area contributed by atoms with Crippen molar-refractivity contribution in [3.8, 4) is 0 Å². The number of para-hydroxylation sites is 1. The SMILES string of the molecule is OCCCc1cccc2c1NCCC2. The van der Waals surface area contributed by atoms with E-state index in [0.717, 1.165) is 19.4 Å². The van der Waals surface area contributed by atoms with Gasteiger partial charge < -0.3 is 10.4 Å². The summed E-state index contributed by atoms with van der Waals surface area (Å²) in [5.74, 6) is 0. The summed E-state index contributed by atoms with van der Waals surface area (Å²) in [6.45, 7) is 1.37. The number of aliphatic hydroxyl groups is 1. The van der Waals surface area contributed by atoms with Crippen molar-refractivity contribution in [2.24, 2.45) is 0 Å². The zero-order valence-electron chi connectivity index (χ0n) is 8.42. The molecule has 2 rings (SSSR count). The fraction of sp³-hybridized carbons (Fsp3) is 0.500. The van der Waals surface area contributed by atoms with Crippen LogP contribution in [0, 0.1) is 0 Å². The smallest absolute Gasteiger partial charge is 0.0434 e. The van der Waals surface area contributed by atoms with E-state index in [2.05, 4.69) is 23.5 Å². The second-order valence-corrected chi connectivity index (χ2v) is 3.81. The van der Waals surface area contributed by atoms with Crippen molar-refractivity contribution in [2.45, 2.75) is 25.7 Å². The lowest BCUT2D eigenvalue weighted by Gasteiger charge is -2.21. The first-order valence-electron chi connectivity index (χ1n) is 5.37. The molecule has 1 aliphatic rings. The molecular weight excluding hydrogens is 174 g/mol. The normalized spacial score (nSPS) is 14.6. The monoisotopic (exact) mass is 191 g/mol. The van der Waals surface area contributed by atoms with E-state index in [1.165, 1.54) is 29.7 Å². The van der Waals surface area contributed by atoms with Crippen molar-refractivity contribution >= 4 is 5.69 Å². The predicted molar refractivity (Wildman–Crippen MR) is 58.7 cm³/mol. The fourth-order valence-corrected chi connectivity index (χ4v) is 2.06. The number of aryl methyl sites for hydroxylation is 2. The van der Waals surface area contributed by atoms with E-state index >= 15 is 0 Å². The van der Waals surface area contributed by atoms with Gasteiger partial charge in [-0.05, 0) is 36.8 Å². The molecule has 0 saturated carbocycles. The predicted octanol–water partition coefficient (Wildman–Crippen LogP) is 1.97. The summed E-state index contributed by atoms with van der Waals surface area (Å²) in [6.07, 6.45) is 4.26. The third-order valence-corrected chi connectivity index (χ3v) is 2.77. The lowest BCUT2D eigenvalue weighted by Crippen LogP contribution is -2.13. The molecule has 0 radical (unpaired) electrons. The molecule has 2 nitrogen and oxygen atoms in total. The van der Waals surface area contributed by atoms with E-state index in [1.807, 2.05) is 0 Å². The number of hydrogen-bond acceptors (Lipinski definition) is 2. The lowest BCUT2D eigenvalue weighted by atomic mass is 9.97. The molecule has 1 aliphatic heterocycles. The molecule has 0 fully saturated rings. The van der Waals surface area contributed by atoms with Crippen LogP contribution in [0.2, 0.25) is 0 Å². The third-order valence-electron chi connectivity index (χ3n) is 2.77. The minimum atomic E-state index is 0.281. The number of benzene rings is 1. The highest BCUT2D eigenvalue weighted by Gasteiger charge is 2.11. The molecule has 1 aromatic rings. The first kappa shape index (κ1) is 9.53. The van der Waals surface area contributed by atoms with E-state index in [-0.39, 0.29) is 6.61 Å². The average molecular weight is 191 g/mol. The zero-order chi connectivity index (χ0) is 9.80. The van der Waals surface area contributed by atoms with Gasteiger partial charge in [0.2, 0.25) is 0 Å². The van der Waals surface area contributed by atoms with Crippen LogP contribution < -0.4 is 5.32 Å². The van der Waals surface area contributed by atoms with Crippen molar-refractivity contribution in [3.05, 3.63) is 29.3 Å². The summed E-state index contributed by atoms with van der Waals surface area (Å²) in [7, 11) is 0. The van der Waals surface area contributed by atoms with E-state index in [0.29, 0.717) is 0 Å². The highest BCUT2D eigenvalue weighted by atomic mass is 16.2. The van der Waals surface area contributed by atoms with Crippen molar-refractivity contribution in [3.63, 3.8) is 0 Å². The van der Waals surface area contributed by atoms with Crippen LogP contribution in [0.4, 0.5) is 5.69 Å².